The number of piperidine rings is 2. The first kappa shape index (κ1) is 56.8. The molecule has 0 spiro atoms. The van der Waals surface area contributed by atoms with E-state index in [0.29, 0.717) is 82.9 Å². The van der Waals surface area contributed by atoms with Crippen molar-refractivity contribution < 1.29 is 28.3 Å². The molecule has 2 aliphatic rings. The molecule has 2 fully saturated rings. The highest BCUT2D eigenvalue weighted by Crippen LogP contribution is 2.42. The lowest BCUT2D eigenvalue weighted by Gasteiger charge is -2.31. The van der Waals surface area contributed by atoms with Crippen molar-refractivity contribution in [3.63, 3.8) is 0 Å². The Morgan fingerprint density at radius 3 is 1.55 bits per heavy atom. The predicted octanol–water partition coefficient (Wildman–Crippen LogP) is 11.8. The quantitative estimate of drug-likeness (QED) is 0.0955. The normalized spacial score (nSPS) is 14.4. The monoisotopic (exact) mass is 1120 g/mol. The minimum Gasteiger partial charge on any atom is -0.457 e. The summed E-state index contributed by atoms with van der Waals surface area (Å²) in [7, 11) is 0. The van der Waals surface area contributed by atoms with Crippen molar-refractivity contribution in [1.29, 1.82) is 5.26 Å². The molecule has 2 aliphatic heterocycles. The SMILES string of the molecule is C=CC(=O)N1CCC(C#Cc2c(-c3ccc(Oc4ccccc4)cc3)c3c(N)ncnc3n2C(C)c2ncon2)CC1.CC(C#N)n1c(C#CC2CCN(C(=O)OC(C)(C)C)CC2)c(-c2ccc(Oc3ccccc3)cc2)c2c(N)ncnc21. The number of hydrogen-bond donors (Lipinski definition) is 2. The van der Waals surface area contributed by atoms with Gasteiger partial charge in [-0.15, -0.1) is 0 Å². The maximum Gasteiger partial charge on any atom is 0.410 e. The standard InChI is InChI=1S/C33H34N6O3.C32H29N7O3/c1-22(20-34)39-27(15-10-23-16-18-38(19-17-23)32(40)42-33(2,3)4)28(29-30(35)36-21-37-31(29)39)24-11-13-26(14-12-24)41-25-8-6-5-7-9-25;1-3-27(40)38-17-15-22(16-18-38)9-14-26-28(23-10-12-25(13-11-23)42-24-7-5-4-6-8-24)29-30(33)34-19-35-32(29)39(26)21(2)31-36-20-41-37-31/h5-9,11-14,21-23H,16-19H2,1-4H3,(H2,35,36,37);3-8,10-13,19-22H,1,15-18H2,2H3,(H2,33,34,35). The summed E-state index contributed by atoms with van der Waals surface area (Å²) in [5.41, 5.74) is 18.2. The van der Waals surface area contributed by atoms with E-state index in [9.17, 15) is 14.9 Å². The zero-order valence-electron chi connectivity index (χ0n) is 47.4. The molecule has 9 aromatic rings. The van der Waals surface area contributed by atoms with Gasteiger partial charge in [0.15, 0.2) is 5.82 Å². The van der Waals surface area contributed by atoms with E-state index < -0.39 is 11.6 Å². The fourth-order valence-electron chi connectivity index (χ4n) is 10.3. The van der Waals surface area contributed by atoms with Crippen molar-refractivity contribution in [1.82, 2.24) is 49.0 Å². The van der Waals surface area contributed by atoms with E-state index >= 15 is 0 Å². The molecule has 2 amide bonds. The van der Waals surface area contributed by atoms with E-state index in [1.165, 1.54) is 25.1 Å². The summed E-state index contributed by atoms with van der Waals surface area (Å²) in [5.74, 6) is 17.9. The number of ether oxygens (including phenoxy) is 3. The Kier molecular flexibility index (Phi) is 17.0. The molecular formula is C65H63N13O6. The Labute approximate surface area is 486 Å². The van der Waals surface area contributed by atoms with Crippen molar-refractivity contribution in [2.24, 2.45) is 11.8 Å². The smallest absolute Gasteiger partial charge is 0.410 e. The fraction of sp³-hybridized carbons (Fsp3) is 0.277. The van der Waals surface area contributed by atoms with Gasteiger partial charge in [0.05, 0.1) is 22.9 Å². The number of carbonyl (C=O) groups is 2. The highest BCUT2D eigenvalue weighted by Gasteiger charge is 2.30. The average Bonchev–Trinajstić information content (AvgIpc) is 3.31. The third kappa shape index (κ3) is 12.7. The number of para-hydroxylation sites is 2. The van der Waals surface area contributed by atoms with Crippen LogP contribution in [0.15, 0.2) is 145 Å². The number of nitrogens with zero attached hydrogens (tertiary/aromatic N) is 11. The van der Waals surface area contributed by atoms with Crippen molar-refractivity contribution in [3.05, 3.63) is 158 Å². The van der Waals surface area contributed by atoms with Gasteiger partial charge in [0, 0.05) is 49.1 Å². The van der Waals surface area contributed by atoms with E-state index in [0.717, 1.165) is 65.1 Å². The molecule has 2 saturated heterocycles. The fourth-order valence-corrected chi connectivity index (χ4v) is 10.3. The number of hydrogen-bond acceptors (Lipinski definition) is 15. The van der Waals surface area contributed by atoms with Gasteiger partial charge in [0.25, 0.3) is 0 Å². The summed E-state index contributed by atoms with van der Waals surface area (Å²) < 4.78 is 26.4. The van der Waals surface area contributed by atoms with Crippen molar-refractivity contribution in [2.75, 3.05) is 37.6 Å². The molecule has 0 bridgehead atoms. The van der Waals surface area contributed by atoms with E-state index in [2.05, 4.69) is 66.4 Å². The number of benzene rings is 4. The molecule has 4 aromatic carbocycles. The Morgan fingerprint density at radius 2 is 1.11 bits per heavy atom. The Bertz CT molecular complexity index is 3980. The van der Waals surface area contributed by atoms with Crippen LogP contribution >= 0.6 is 0 Å². The molecule has 84 heavy (non-hydrogen) atoms. The topological polar surface area (TPSA) is 244 Å². The van der Waals surface area contributed by atoms with Crippen LogP contribution in [0, 0.1) is 46.8 Å². The van der Waals surface area contributed by atoms with Gasteiger partial charge < -0.3 is 49.1 Å². The largest absolute Gasteiger partial charge is 0.457 e. The number of nitrogens with two attached hydrogens (primary N) is 2. The van der Waals surface area contributed by atoms with Crippen LogP contribution in [-0.2, 0) is 9.53 Å². The zero-order valence-corrected chi connectivity index (χ0v) is 47.4. The Balaban J connectivity index is 0.000000187. The number of nitrogen functional groups attached to an aromatic ring is 2. The Hall–Kier alpha value is -10.5. The van der Waals surface area contributed by atoms with Crippen LogP contribution < -0.4 is 20.9 Å². The zero-order chi connectivity index (χ0) is 58.9. The van der Waals surface area contributed by atoms with Crippen molar-refractivity contribution >= 4 is 45.7 Å². The minimum absolute atomic E-state index is 0.0495. The number of fused-ring (bicyclic) bond motifs is 2. The second-order valence-corrected chi connectivity index (χ2v) is 21.3. The van der Waals surface area contributed by atoms with Crippen LogP contribution in [0.5, 0.6) is 23.0 Å². The van der Waals surface area contributed by atoms with Gasteiger partial charge in [-0.05, 0) is 138 Å². The molecular weight excluding hydrogens is 1060 g/mol. The van der Waals surface area contributed by atoms with Crippen LogP contribution in [0.2, 0.25) is 0 Å². The van der Waals surface area contributed by atoms with E-state index in [-0.39, 0.29) is 29.9 Å². The summed E-state index contributed by atoms with van der Waals surface area (Å²) in [6.45, 7) is 15.4. The van der Waals surface area contributed by atoms with Gasteiger partial charge in [-0.1, -0.05) is 84.2 Å². The summed E-state index contributed by atoms with van der Waals surface area (Å²) >= 11 is 0. The first-order valence-corrected chi connectivity index (χ1v) is 27.7. The maximum atomic E-state index is 12.5. The average molecular weight is 1120 g/mol. The van der Waals surface area contributed by atoms with Crippen molar-refractivity contribution in [3.8, 4) is 75.0 Å². The molecule has 0 aliphatic carbocycles. The number of carbonyl (C=O) groups excluding carboxylic acids is 2. The number of amides is 2. The summed E-state index contributed by atoms with van der Waals surface area (Å²) in [6, 6.07) is 36.1. The predicted molar refractivity (Wildman–Crippen MR) is 320 cm³/mol. The van der Waals surface area contributed by atoms with Gasteiger partial charge in [-0.25, -0.2) is 24.7 Å². The minimum atomic E-state index is -0.547. The molecule has 0 saturated carbocycles. The van der Waals surface area contributed by atoms with E-state index in [4.69, 9.17) is 30.2 Å². The number of rotatable bonds is 10. The molecule has 2 unspecified atom stereocenters. The van der Waals surface area contributed by atoms with Crippen LogP contribution in [0.3, 0.4) is 0 Å². The Morgan fingerprint density at radius 1 is 0.655 bits per heavy atom. The molecule has 5 aromatic heterocycles. The lowest BCUT2D eigenvalue weighted by Crippen LogP contribution is -2.41. The number of nitriles is 1. The maximum absolute atomic E-state index is 12.5. The van der Waals surface area contributed by atoms with Crippen LogP contribution in [0.4, 0.5) is 16.4 Å². The van der Waals surface area contributed by atoms with Crippen LogP contribution in [0.25, 0.3) is 44.3 Å². The highest BCUT2D eigenvalue weighted by atomic mass is 16.6. The third-order valence-corrected chi connectivity index (χ3v) is 14.5. The van der Waals surface area contributed by atoms with Crippen molar-refractivity contribution in [2.45, 2.75) is 78.0 Å². The van der Waals surface area contributed by atoms with Gasteiger partial charge in [-0.2, -0.15) is 10.2 Å². The molecule has 4 N–H and O–H groups in total. The molecule has 11 rings (SSSR count). The van der Waals surface area contributed by atoms with Gasteiger partial charge in [-0.3, -0.25) is 4.79 Å². The molecule has 0 radical (unpaired) electrons. The summed E-state index contributed by atoms with van der Waals surface area (Å²) in [4.78, 5) is 50.1. The van der Waals surface area contributed by atoms with Gasteiger partial charge in [0.1, 0.15) is 81.6 Å². The molecule has 424 valence electrons. The first-order valence-electron chi connectivity index (χ1n) is 27.7. The van der Waals surface area contributed by atoms with Gasteiger partial charge in [0.2, 0.25) is 12.3 Å². The second-order valence-electron chi connectivity index (χ2n) is 21.3. The summed E-state index contributed by atoms with van der Waals surface area (Å²) in [6.07, 6.45) is 8.21. The molecule has 19 nitrogen and oxygen atoms in total. The summed E-state index contributed by atoms with van der Waals surface area (Å²) in [5, 5.41) is 15.4. The van der Waals surface area contributed by atoms with Crippen LogP contribution in [-0.4, -0.2) is 92.8 Å². The molecule has 19 heteroatoms. The lowest BCUT2D eigenvalue weighted by atomic mass is 9.96. The lowest BCUT2D eigenvalue weighted by molar-refractivity contribution is -0.127. The van der Waals surface area contributed by atoms with Crippen LogP contribution in [0.1, 0.15) is 89.6 Å². The van der Waals surface area contributed by atoms with Gasteiger partial charge >= 0.3 is 6.09 Å². The number of likely N-dealkylation sites (tertiary alicyclic amines) is 2. The number of anilines is 2. The number of aromatic nitrogens is 8. The first-order chi connectivity index (χ1) is 40.7. The second kappa shape index (κ2) is 25.1. The molecule has 7 heterocycles. The highest BCUT2D eigenvalue weighted by molar-refractivity contribution is 6.05. The van der Waals surface area contributed by atoms with E-state index in [1.54, 1.807) is 9.80 Å². The molecule has 2 atom stereocenters. The van der Waals surface area contributed by atoms with E-state index in [1.807, 2.05) is 153 Å². The third-order valence-electron chi connectivity index (χ3n) is 14.5.